The maximum atomic E-state index is 14.0. The molecule has 1 aliphatic heterocycles. The fourth-order valence-electron chi connectivity index (χ4n) is 2.32. The third kappa shape index (κ3) is 1.84. The number of hydrogen-bond donors (Lipinski definition) is 1. The average Bonchev–Trinajstić information content (AvgIpc) is 2.73. The van der Waals surface area contributed by atoms with Gasteiger partial charge in [0, 0.05) is 11.8 Å². The minimum Gasteiger partial charge on any atom is -0.497 e. The Balaban J connectivity index is 2.16. The summed E-state index contributed by atoms with van der Waals surface area (Å²) in [5.74, 6) is -1.59. The summed E-state index contributed by atoms with van der Waals surface area (Å²) in [6.45, 7) is 0. The Morgan fingerprint density at radius 2 is 1.90 bits per heavy atom. The number of carbonyl (C=O) groups is 2. The lowest BCUT2D eigenvalue weighted by Crippen LogP contribution is -2.30. The van der Waals surface area contributed by atoms with E-state index in [1.54, 1.807) is 6.07 Å². The SMILES string of the molecule is COc1ccc(F)c(N2C(=O)c3cccc(N)c3C2=O)c1. The first-order valence-electron chi connectivity index (χ1n) is 6.15. The van der Waals surface area contributed by atoms with E-state index in [0.717, 1.165) is 11.0 Å². The molecule has 1 heterocycles. The summed E-state index contributed by atoms with van der Waals surface area (Å²) in [4.78, 5) is 25.5. The number of halogens is 1. The Morgan fingerprint density at radius 3 is 2.57 bits per heavy atom. The van der Waals surface area contributed by atoms with E-state index in [2.05, 4.69) is 0 Å². The van der Waals surface area contributed by atoms with Gasteiger partial charge in [-0.15, -0.1) is 0 Å². The zero-order valence-electron chi connectivity index (χ0n) is 11.1. The number of rotatable bonds is 2. The molecule has 2 N–H and O–H groups in total. The van der Waals surface area contributed by atoms with E-state index in [4.69, 9.17) is 10.5 Å². The van der Waals surface area contributed by atoms with Gasteiger partial charge in [-0.05, 0) is 24.3 Å². The lowest BCUT2D eigenvalue weighted by molar-refractivity contribution is 0.0925. The predicted molar refractivity (Wildman–Crippen MR) is 74.9 cm³/mol. The van der Waals surface area contributed by atoms with Crippen molar-refractivity contribution in [2.75, 3.05) is 17.7 Å². The van der Waals surface area contributed by atoms with Gasteiger partial charge in [0.2, 0.25) is 0 Å². The van der Waals surface area contributed by atoms with Crippen LogP contribution < -0.4 is 15.4 Å². The van der Waals surface area contributed by atoms with Gasteiger partial charge in [-0.3, -0.25) is 9.59 Å². The van der Waals surface area contributed by atoms with Crippen LogP contribution in [0.5, 0.6) is 5.75 Å². The molecule has 2 aromatic rings. The fraction of sp³-hybridized carbons (Fsp3) is 0.0667. The summed E-state index contributed by atoms with van der Waals surface area (Å²) >= 11 is 0. The van der Waals surface area contributed by atoms with Crippen LogP contribution in [-0.2, 0) is 0 Å². The number of nitrogens with zero attached hydrogens (tertiary/aromatic N) is 1. The molecule has 0 aromatic heterocycles. The van der Waals surface area contributed by atoms with Gasteiger partial charge in [0.15, 0.2) is 0 Å². The Bertz CT molecular complexity index is 774. The van der Waals surface area contributed by atoms with Crippen LogP contribution in [0.1, 0.15) is 20.7 Å². The fourth-order valence-corrected chi connectivity index (χ4v) is 2.32. The zero-order valence-corrected chi connectivity index (χ0v) is 11.1. The summed E-state index contributed by atoms with van der Waals surface area (Å²) < 4.78 is 19.0. The Morgan fingerprint density at radius 1 is 1.14 bits per heavy atom. The van der Waals surface area contributed by atoms with E-state index in [1.807, 2.05) is 0 Å². The van der Waals surface area contributed by atoms with Crippen molar-refractivity contribution in [3.05, 3.63) is 53.3 Å². The number of imide groups is 1. The third-order valence-corrected chi connectivity index (χ3v) is 3.34. The summed E-state index contributed by atoms with van der Waals surface area (Å²) in [7, 11) is 1.41. The molecule has 3 rings (SSSR count). The highest BCUT2D eigenvalue weighted by atomic mass is 19.1. The van der Waals surface area contributed by atoms with Crippen molar-refractivity contribution in [1.82, 2.24) is 0 Å². The molecule has 21 heavy (non-hydrogen) atoms. The summed E-state index contributed by atoms with van der Waals surface area (Å²) in [5.41, 5.74) is 6.05. The molecule has 0 saturated carbocycles. The molecule has 6 heteroatoms. The van der Waals surface area contributed by atoms with E-state index < -0.39 is 17.6 Å². The molecule has 0 unspecified atom stereocenters. The maximum Gasteiger partial charge on any atom is 0.268 e. The first-order chi connectivity index (χ1) is 10.0. The number of amides is 2. The second kappa shape index (κ2) is 4.59. The van der Waals surface area contributed by atoms with E-state index in [9.17, 15) is 14.0 Å². The molecule has 0 fully saturated rings. The lowest BCUT2D eigenvalue weighted by atomic mass is 10.1. The molecule has 5 nitrogen and oxygen atoms in total. The van der Waals surface area contributed by atoms with Gasteiger partial charge < -0.3 is 10.5 Å². The van der Waals surface area contributed by atoms with Gasteiger partial charge in [-0.2, -0.15) is 0 Å². The highest BCUT2D eigenvalue weighted by Gasteiger charge is 2.39. The van der Waals surface area contributed by atoms with Crippen molar-refractivity contribution < 1.29 is 18.7 Å². The van der Waals surface area contributed by atoms with Crippen molar-refractivity contribution in [3.8, 4) is 5.75 Å². The van der Waals surface area contributed by atoms with Crippen molar-refractivity contribution in [1.29, 1.82) is 0 Å². The number of anilines is 2. The highest BCUT2D eigenvalue weighted by Crippen LogP contribution is 2.34. The molecule has 0 aliphatic carbocycles. The Hall–Kier alpha value is -2.89. The summed E-state index contributed by atoms with van der Waals surface area (Å²) in [5, 5.41) is 0. The van der Waals surface area contributed by atoms with E-state index in [0.29, 0.717) is 5.75 Å². The maximum absolute atomic E-state index is 14.0. The van der Waals surface area contributed by atoms with E-state index in [1.165, 1.54) is 31.4 Å². The van der Waals surface area contributed by atoms with Gasteiger partial charge in [-0.25, -0.2) is 9.29 Å². The van der Waals surface area contributed by atoms with Crippen LogP contribution in [0.2, 0.25) is 0 Å². The molecular weight excluding hydrogens is 275 g/mol. The van der Waals surface area contributed by atoms with Crippen LogP contribution in [-0.4, -0.2) is 18.9 Å². The number of carbonyl (C=O) groups excluding carboxylic acids is 2. The normalized spacial score (nSPS) is 13.5. The molecule has 0 saturated heterocycles. The van der Waals surface area contributed by atoms with Gasteiger partial charge in [-0.1, -0.05) is 6.07 Å². The van der Waals surface area contributed by atoms with Crippen LogP contribution in [0.4, 0.5) is 15.8 Å². The van der Waals surface area contributed by atoms with Gasteiger partial charge >= 0.3 is 0 Å². The summed E-state index contributed by atoms with van der Waals surface area (Å²) in [6.07, 6.45) is 0. The number of benzene rings is 2. The van der Waals surface area contributed by atoms with Crippen molar-refractivity contribution in [3.63, 3.8) is 0 Å². The smallest absolute Gasteiger partial charge is 0.268 e. The van der Waals surface area contributed by atoms with Crippen LogP contribution in [0.3, 0.4) is 0 Å². The van der Waals surface area contributed by atoms with Gasteiger partial charge in [0.05, 0.1) is 23.9 Å². The number of nitrogen functional groups attached to an aromatic ring is 1. The molecule has 106 valence electrons. The zero-order chi connectivity index (χ0) is 15.1. The third-order valence-electron chi connectivity index (χ3n) is 3.34. The summed E-state index contributed by atoms with van der Waals surface area (Å²) in [6, 6.07) is 8.43. The van der Waals surface area contributed by atoms with Crippen molar-refractivity contribution in [2.24, 2.45) is 0 Å². The van der Waals surface area contributed by atoms with Crippen molar-refractivity contribution >= 4 is 23.2 Å². The van der Waals surface area contributed by atoms with Crippen molar-refractivity contribution in [2.45, 2.75) is 0 Å². The van der Waals surface area contributed by atoms with Crippen LogP contribution >= 0.6 is 0 Å². The average molecular weight is 286 g/mol. The van der Waals surface area contributed by atoms with Crippen LogP contribution in [0, 0.1) is 5.82 Å². The Kier molecular flexibility index (Phi) is 2.86. The van der Waals surface area contributed by atoms with Gasteiger partial charge in [0.1, 0.15) is 11.6 Å². The van der Waals surface area contributed by atoms with E-state index >= 15 is 0 Å². The number of nitrogens with two attached hydrogens (primary N) is 1. The first kappa shape index (κ1) is 13.1. The molecule has 2 amide bonds. The number of ether oxygens (including phenoxy) is 1. The molecule has 0 atom stereocenters. The van der Waals surface area contributed by atoms with Crippen LogP contribution in [0.15, 0.2) is 36.4 Å². The number of fused-ring (bicyclic) bond motifs is 1. The second-order valence-electron chi connectivity index (χ2n) is 4.53. The van der Waals surface area contributed by atoms with Crippen LogP contribution in [0.25, 0.3) is 0 Å². The van der Waals surface area contributed by atoms with E-state index in [-0.39, 0.29) is 22.5 Å². The van der Waals surface area contributed by atoms with Gasteiger partial charge in [0.25, 0.3) is 11.8 Å². The number of methoxy groups -OCH3 is 1. The molecule has 2 aromatic carbocycles. The molecule has 0 radical (unpaired) electrons. The largest absolute Gasteiger partial charge is 0.497 e. The molecule has 0 bridgehead atoms. The number of hydrogen-bond acceptors (Lipinski definition) is 4. The minimum absolute atomic E-state index is 0.102. The minimum atomic E-state index is -0.691. The highest BCUT2D eigenvalue weighted by molar-refractivity contribution is 6.36. The monoisotopic (exact) mass is 286 g/mol. The molecular formula is C15H11FN2O3. The molecule has 0 spiro atoms. The second-order valence-corrected chi connectivity index (χ2v) is 4.53. The standard InChI is InChI=1S/C15H11FN2O3/c1-21-8-5-6-10(16)12(7-8)18-14(19)9-3-2-4-11(17)13(9)15(18)20/h2-7H,17H2,1H3. The topological polar surface area (TPSA) is 72.6 Å². The Labute approximate surface area is 119 Å². The first-order valence-corrected chi connectivity index (χ1v) is 6.15. The molecule has 1 aliphatic rings. The lowest BCUT2D eigenvalue weighted by Gasteiger charge is -2.15. The predicted octanol–water partition coefficient (Wildman–Crippen LogP) is 2.22. The quantitative estimate of drug-likeness (QED) is 0.678.